The normalized spacial score (nSPS) is 18.0. The number of benzene rings is 1. The summed E-state index contributed by atoms with van der Waals surface area (Å²) in [5.74, 6) is 0.700. The van der Waals surface area contributed by atoms with Gasteiger partial charge in [0.2, 0.25) is 0 Å². The van der Waals surface area contributed by atoms with Crippen LogP contribution in [0.15, 0.2) is 24.3 Å². The largest absolute Gasteiger partial charge is 0.480 e. The van der Waals surface area contributed by atoms with Gasteiger partial charge in [0.15, 0.2) is 0 Å². The van der Waals surface area contributed by atoms with Crippen molar-refractivity contribution < 1.29 is 9.90 Å². The minimum atomic E-state index is -0.811. The predicted molar refractivity (Wildman–Crippen MR) is 79.5 cm³/mol. The zero-order valence-corrected chi connectivity index (χ0v) is 12.3. The SMILES string of the molecule is Cc1ccccc1CSCC(C)(NC1CC1)C(=O)O. The van der Waals surface area contributed by atoms with Crippen LogP contribution in [0.4, 0.5) is 0 Å². The first-order valence-electron chi connectivity index (χ1n) is 6.64. The molecule has 0 amide bonds. The summed E-state index contributed by atoms with van der Waals surface area (Å²) in [6, 6.07) is 8.66. The van der Waals surface area contributed by atoms with Gasteiger partial charge >= 0.3 is 5.97 Å². The minimum absolute atomic E-state index is 0.403. The fraction of sp³-hybridized carbons (Fsp3) is 0.533. The van der Waals surface area contributed by atoms with Crippen molar-refractivity contribution in [2.45, 2.75) is 44.0 Å². The molecule has 4 heteroatoms. The Morgan fingerprint density at radius 2 is 2.16 bits per heavy atom. The first-order valence-corrected chi connectivity index (χ1v) is 7.80. The zero-order chi connectivity index (χ0) is 13.9. The summed E-state index contributed by atoms with van der Waals surface area (Å²) >= 11 is 1.68. The smallest absolute Gasteiger partial charge is 0.324 e. The second-order valence-electron chi connectivity index (χ2n) is 5.48. The summed E-state index contributed by atoms with van der Waals surface area (Å²) in [6.45, 7) is 3.88. The van der Waals surface area contributed by atoms with Crippen LogP contribution in [0.1, 0.15) is 30.9 Å². The van der Waals surface area contributed by atoms with Gasteiger partial charge in [-0.1, -0.05) is 24.3 Å². The summed E-state index contributed by atoms with van der Waals surface area (Å²) in [6.07, 6.45) is 2.21. The second-order valence-corrected chi connectivity index (χ2v) is 6.46. The molecule has 3 nitrogen and oxygen atoms in total. The molecule has 1 unspecified atom stereocenters. The van der Waals surface area contributed by atoms with E-state index < -0.39 is 11.5 Å². The molecule has 1 aromatic carbocycles. The van der Waals surface area contributed by atoms with Crippen LogP contribution in [0.3, 0.4) is 0 Å². The Morgan fingerprint density at radius 1 is 1.47 bits per heavy atom. The molecule has 0 spiro atoms. The number of nitrogens with one attached hydrogen (secondary N) is 1. The highest BCUT2D eigenvalue weighted by Gasteiger charge is 2.38. The Balaban J connectivity index is 1.88. The van der Waals surface area contributed by atoms with E-state index in [4.69, 9.17) is 0 Å². The van der Waals surface area contributed by atoms with Gasteiger partial charge in [0, 0.05) is 17.5 Å². The third kappa shape index (κ3) is 3.98. The first kappa shape index (κ1) is 14.4. The van der Waals surface area contributed by atoms with Crippen LogP contribution >= 0.6 is 11.8 Å². The lowest BCUT2D eigenvalue weighted by atomic mass is 10.1. The Labute approximate surface area is 118 Å². The summed E-state index contributed by atoms with van der Waals surface area (Å²) < 4.78 is 0. The molecule has 0 aliphatic heterocycles. The van der Waals surface area contributed by atoms with E-state index in [0.29, 0.717) is 11.8 Å². The molecule has 0 radical (unpaired) electrons. The van der Waals surface area contributed by atoms with Crippen LogP contribution in [0.5, 0.6) is 0 Å². The molecule has 1 aliphatic carbocycles. The third-order valence-electron chi connectivity index (χ3n) is 3.48. The number of aliphatic carboxylic acids is 1. The maximum atomic E-state index is 11.4. The van der Waals surface area contributed by atoms with Gasteiger partial charge in [-0.25, -0.2) is 0 Å². The number of hydrogen-bond acceptors (Lipinski definition) is 3. The van der Waals surface area contributed by atoms with Crippen LogP contribution in [-0.2, 0) is 10.5 Å². The number of carbonyl (C=O) groups is 1. The molecule has 2 rings (SSSR count). The summed E-state index contributed by atoms with van der Waals surface area (Å²) in [4.78, 5) is 11.4. The van der Waals surface area contributed by atoms with Crippen LogP contribution in [-0.4, -0.2) is 28.4 Å². The van der Waals surface area contributed by atoms with Gasteiger partial charge in [0.25, 0.3) is 0 Å². The molecule has 1 fully saturated rings. The van der Waals surface area contributed by atoms with Crippen LogP contribution in [0, 0.1) is 6.92 Å². The number of hydrogen-bond donors (Lipinski definition) is 2. The highest BCUT2D eigenvalue weighted by Crippen LogP contribution is 2.26. The van der Waals surface area contributed by atoms with E-state index in [1.54, 1.807) is 18.7 Å². The maximum Gasteiger partial charge on any atom is 0.324 e. The summed E-state index contributed by atoms with van der Waals surface area (Å²) in [5.41, 5.74) is 1.74. The Morgan fingerprint density at radius 3 is 2.74 bits per heavy atom. The van der Waals surface area contributed by atoms with Crippen LogP contribution in [0.2, 0.25) is 0 Å². The van der Waals surface area contributed by atoms with Crippen molar-refractivity contribution in [3.05, 3.63) is 35.4 Å². The Bertz CT molecular complexity index is 459. The van der Waals surface area contributed by atoms with Gasteiger partial charge in [-0.15, -0.1) is 0 Å². The molecule has 1 saturated carbocycles. The number of carboxylic acids is 1. The second kappa shape index (κ2) is 5.97. The third-order valence-corrected chi connectivity index (χ3v) is 4.78. The lowest BCUT2D eigenvalue weighted by Gasteiger charge is -2.26. The number of thioether (sulfide) groups is 1. The fourth-order valence-corrected chi connectivity index (χ4v) is 3.24. The van der Waals surface area contributed by atoms with E-state index in [9.17, 15) is 9.90 Å². The van der Waals surface area contributed by atoms with Gasteiger partial charge in [-0.05, 0) is 37.8 Å². The van der Waals surface area contributed by atoms with Crippen molar-refractivity contribution in [3.8, 4) is 0 Å². The minimum Gasteiger partial charge on any atom is -0.480 e. The average Bonchev–Trinajstić information content (AvgIpc) is 3.15. The molecule has 0 bridgehead atoms. The van der Waals surface area contributed by atoms with Gasteiger partial charge in [-0.2, -0.15) is 11.8 Å². The molecule has 1 aliphatic rings. The first-order chi connectivity index (χ1) is 9.01. The van der Waals surface area contributed by atoms with Crippen molar-refractivity contribution in [1.82, 2.24) is 5.32 Å². The van der Waals surface area contributed by atoms with Crippen LogP contribution < -0.4 is 5.32 Å². The van der Waals surface area contributed by atoms with Gasteiger partial charge in [0.05, 0.1) is 0 Å². The van der Waals surface area contributed by atoms with Crippen LogP contribution in [0.25, 0.3) is 0 Å². The average molecular weight is 279 g/mol. The topological polar surface area (TPSA) is 49.3 Å². The number of rotatable bonds is 7. The molecular formula is C15H21NO2S. The van der Waals surface area contributed by atoms with Crippen molar-refractivity contribution in [3.63, 3.8) is 0 Å². The highest BCUT2D eigenvalue weighted by atomic mass is 32.2. The Kier molecular flexibility index (Phi) is 4.53. The quantitative estimate of drug-likeness (QED) is 0.806. The zero-order valence-electron chi connectivity index (χ0n) is 11.5. The summed E-state index contributed by atoms with van der Waals surface area (Å²) in [5, 5.41) is 12.6. The van der Waals surface area contributed by atoms with E-state index in [1.165, 1.54) is 11.1 Å². The lowest BCUT2D eigenvalue weighted by Crippen LogP contribution is -2.52. The highest BCUT2D eigenvalue weighted by molar-refractivity contribution is 7.98. The van der Waals surface area contributed by atoms with Crippen molar-refractivity contribution in [1.29, 1.82) is 0 Å². The molecule has 2 N–H and O–H groups in total. The van der Waals surface area contributed by atoms with Crippen molar-refractivity contribution >= 4 is 17.7 Å². The van der Waals surface area contributed by atoms with Crippen molar-refractivity contribution in [2.24, 2.45) is 0 Å². The molecule has 19 heavy (non-hydrogen) atoms. The van der Waals surface area contributed by atoms with Gasteiger partial charge in [-0.3, -0.25) is 10.1 Å². The standard InChI is InChI=1S/C15H21NO2S/c1-11-5-3-4-6-12(11)9-19-10-15(2,14(17)18)16-13-7-8-13/h3-6,13,16H,7-10H2,1-2H3,(H,17,18). The van der Waals surface area contributed by atoms with E-state index in [2.05, 4.69) is 24.4 Å². The molecule has 0 heterocycles. The van der Waals surface area contributed by atoms with E-state index in [0.717, 1.165) is 18.6 Å². The monoisotopic (exact) mass is 279 g/mol. The maximum absolute atomic E-state index is 11.4. The fourth-order valence-electron chi connectivity index (χ4n) is 1.98. The van der Waals surface area contributed by atoms with E-state index >= 15 is 0 Å². The molecule has 1 atom stereocenters. The summed E-state index contributed by atoms with van der Waals surface area (Å²) in [7, 11) is 0. The lowest BCUT2D eigenvalue weighted by molar-refractivity contribution is -0.143. The molecular weight excluding hydrogens is 258 g/mol. The number of carboxylic acid groups (broad SMARTS) is 1. The van der Waals surface area contributed by atoms with Crippen molar-refractivity contribution in [2.75, 3.05) is 5.75 Å². The molecule has 104 valence electrons. The number of aryl methyl sites for hydroxylation is 1. The predicted octanol–water partition coefficient (Wildman–Crippen LogP) is 2.82. The molecule has 0 saturated heterocycles. The van der Waals surface area contributed by atoms with Gasteiger partial charge < -0.3 is 5.11 Å². The van der Waals surface area contributed by atoms with Gasteiger partial charge in [0.1, 0.15) is 5.54 Å². The molecule has 0 aromatic heterocycles. The van der Waals surface area contributed by atoms with E-state index in [-0.39, 0.29) is 0 Å². The Hall–Kier alpha value is -1.00. The van der Waals surface area contributed by atoms with E-state index in [1.807, 2.05) is 12.1 Å². The molecule has 1 aromatic rings.